The van der Waals surface area contributed by atoms with Crippen LogP contribution in [0.3, 0.4) is 0 Å². The van der Waals surface area contributed by atoms with Gasteiger partial charge in [0, 0.05) is 25.4 Å². The monoisotopic (exact) mass is 252 g/mol. The molecule has 6 nitrogen and oxygen atoms in total. The number of nitrogens with one attached hydrogen (secondary N) is 1. The zero-order valence-electron chi connectivity index (χ0n) is 10.9. The Balaban J connectivity index is 1.91. The van der Waals surface area contributed by atoms with Gasteiger partial charge in [0.1, 0.15) is 11.6 Å². The van der Waals surface area contributed by atoms with Crippen molar-refractivity contribution in [2.75, 3.05) is 0 Å². The molecule has 0 bridgehead atoms. The van der Waals surface area contributed by atoms with E-state index in [-0.39, 0.29) is 18.5 Å². The average Bonchev–Trinajstić information content (AvgIpc) is 2.87. The zero-order valence-corrected chi connectivity index (χ0v) is 10.9. The SMILES string of the molecule is CC(CCC(=O)O)NC(C)c1nnc2n1CCC2. The van der Waals surface area contributed by atoms with Gasteiger partial charge in [0.2, 0.25) is 0 Å². The minimum absolute atomic E-state index is 0.105. The van der Waals surface area contributed by atoms with Crippen molar-refractivity contribution in [2.24, 2.45) is 0 Å². The number of carboxylic acid groups (broad SMARTS) is 1. The normalized spacial score (nSPS) is 17.4. The van der Waals surface area contributed by atoms with Gasteiger partial charge in [-0.3, -0.25) is 4.79 Å². The summed E-state index contributed by atoms with van der Waals surface area (Å²) in [6, 6.07) is 0.263. The van der Waals surface area contributed by atoms with Gasteiger partial charge in [0.05, 0.1) is 6.04 Å². The molecule has 0 spiro atoms. The predicted octanol–water partition coefficient (Wildman–Crippen LogP) is 1.13. The molecular formula is C12H20N4O2. The molecule has 100 valence electrons. The van der Waals surface area contributed by atoms with Crippen LogP contribution in [0.15, 0.2) is 0 Å². The molecule has 1 aromatic heterocycles. The number of aryl methyl sites for hydroxylation is 1. The van der Waals surface area contributed by atoms with Gasteiger partial charge in [-0.1, -0.05) is 0 Å². The maximum Gasteiger partial charge on any atom is 0.303 e. The van der Waals surface area contributed by atoms with Crippen LogP contribution in [0.5, 0.6) is 0 Å². The highest BCUT2D eigenvalue weighted by atomic mass is 16.4. The van der Waals surface area contributed by atoms with Crippen LogP contribution in [0.4, 0.5) is 0 Å². The van der Waals surface area contributed by atoms with Gasteiger partial charge in [-0.05, 0) is 26.7 Å². The molecule has 18 heavy (non-hydrogen) atoms. The average molecular weight is 252 g/mol. The molecule has 6 heteroatoms. The van der Waals surface area contributed by atoms with Gasteiger partial charge < -0.3 is 15.0 Å². The summed E-state index contributed by atoms with van der Waals surface area (Å²) in [6.07, 6.45) is 2.97. The van der Waals surface area contributed by atoms with Gasteiger partial charge in [-0.25, -0.2) is 0 Å². The molecular weight excluding hydrogens is 232 g/mol. The molecule has 0 amide bonds. The highest BCUT2D eigenvalue weighted by Crippen LogP contribution is 2.19. The third-order valence-electron chi connectivity index (χ3n) is 3.35. The van der Waals surface area contributed by atoms with Crippen LogP contribution in [0.25, 0.3) is 0 Å². The summed E-state index contributed by atoms with van der Waals surface area (Å²) in [4.78, 5) is 10.5. The van der Waals surface area contributed by atoms with E-state index in [2.05, 4.69) is 20.1 Å². The molecule has 0 saturated carbocycles. The van der Waals surface area contributed by atoms with Crippen molar-refractivity contribution in [3.8, 4) is 0 Å². The molecule has 2 N–H and O–H groups in total. The van der Waals surface area contributed by atoms with Crippen LogP contribution in [0.1, 0.15) is 50.8 Å². The van der Waals surface area contributed by atoms with Crippen molar-refractivity contribution < 1.29 is 9.90 Å². The van der Waals surface area contributed by atoms with E-state index in [1.807, 2.05) is 13.8 Å². The standard InChI is InChI=1S/C12H20N4O2/c1-8(5-6-11(17)18)13-9(2)12-15-14-10-4-3-7-16(10)12/h8-9,13H,3-7H2,1-2H3,(H,17,18). The van der Waals surface area contributed by atoms with E-state index in [1.165, 1.54) is 0 Å². The Morgan fingerprint density at radius 3 is 3.00 bits per heavy atom. The zero-order chi connectivity index (χ0) is 13.1. The number of fused-ring (bicyclic) bond motifs is 1. The number of hydrogen-bond donors (Lipinski definition) is 2. The first kappa shape index (κ1) is 13.0. The van der Waals surface area contributed by atoms with E-state index in [0.29, 0.717) is 6.42 Å². The molecule has 2 heterocycles. The Hall–Kier alpha value is -1.43. The maximum atomic E-state index is 10.5. The smallest absolute Gasteiger partial charge is 0.303 e. The highest BCUT2D eigenvalue weighted by molar-refractivity contribution is 5.66. The second-order valence-corrected chi connectivity index (χ2v) is 4.95. The summed E-state index contributed by atoms with van der Waals surface area (Å²) >= 11 is 0. The van der Waals surface area contributed by atoms with Gasteiger partial charge in [-0.2, -0.15) is 0 Å². The first-order valence-electron chi connectivity index (χ1n) is 6.47. The molecule has 1 aliphatic rings. The van der Waals surface area contributed by atoms with Crippen LogP contribution in [-0.4, -0.2) is 31.9 Å². The van der Waals surface area contributed by atoms with Gasteiger partial charge >= 0.3 is 5.97 Å². The van der Waals surface area contributed by atoms with E-state index < -0.39 is 5.97 Å². The number of carboxylic acids is 1. The number of aromatic nitrogens is 3. The van der Waals surface area contributed by atoms with E-state index in [9.17, 15) is 4.79 Å². The topological polar surface area (TPSA) is 80.0 Å². The van der Waals surface area contributed by atoms with Crippen LogP contribution in [-0.2, 0) is 17.8 Å². The van der Waals surface area contributed by atoms with Crippen molar-refractivity contribution in [3.05, 3.63) is 11.6 Å². The van der Waals surface area contributed by atoms with Crippen molar-refractivity contribution >= 4 is 5.97 Å². The fourth-order valence-electron chi connectivity index (χ4n) is 2.42. The maximum absolute atomic E-state index is 10.5. The Morgan fingerprint density at radius 1 is 1.50 bits per heavy atom. The molecule has 2 rings (SSSR count). The Bertz CT molecular complexity index is 430. The minimum Gasteiger partial charge on any atom is -0.481 e. The lowest BCUT2D eigenvalue weighted by atomic mass is 10.1. The van der Waals surface area contributed by atoms with Crippen LogP contribution in [0, 0.1) is 0 Å². The fraction of sp³-hybridized carbons (Fsp3) is 0.750. The number of aliphatic carboxylic acids is 1. The van der Waals surface area contributed by atoms with E-state index in [4.69, 9.17) is 5.11 Å². The summed E-state index contributed by atoms with van der Waals surface area (Å²) in [5.74, 6) is 1.28. The number of rotatable bonds is 6. The molecule has 0 saturated heterocycles. The highest BCUT2D eigenvalue weighted by Gasteiger charge is 2.22. The fourth-order valence-corrected chi connectivity index (χ4v) is 2.42. The Kier molecular flexibility index (Phi) is 3.96. The molecule has 0 aromatic carbocycles. The predicted molar refractivity (Wildman–Crippen MR) is 66.2 cm³/mol. The van der Waals surface area contributed by atoms with Crippen LogP contribution >= 0.6 is 0 Å². The summed E-state index contributed by atoms with van der Waals surface area (Å²) in [5.41, 5.74) is 0. The molecule has 2 atom stereocenters. The van der Waals surface area contributed by atoms with Crippen LogP contribution < -0.4 is 5.32 Å². The van der Waals surface area contributed by atoms with Crippen molar-refractivity contribution in [1.29, 1.82) is 0 Å². The Morgan fingerprint density at radius 2 is 2.28 bits per heavy atom. The summed E-state index contributed by atoms with van der Waals surface area (Å²) < 4.78 is 2.17. The minimum atomic E-state index is -0.750. The van der Waals surface area contributed by atoms with E-state index in [0.717, 1.165) is 31.0 Å². The largest absolute Gasteiger partial charge is 0.481 e. The van der Waals surface area contributed by atoms with Crippen molar-refractivity contribution in [3.63, 3.8) is 0 Å². The van der Waals surface area contributed by atoms with E-state index >= 15 is 0 Å². The lowest BCUT2D eigenvalue weighted by molar-refractivity contribution is -0.137. The third kappa shape index (κ3) is 2.87. The first-order valence-corrected chi connectivity index (χ1v) is 6.47. The molecule has 0 radical (unpaired) electrons. The Labute approximate surface area is 106 Å². The number of hydrogen-bond acceptors (Lipinski definition) is 4. The third-order valence-corrected chi connectivity index (χ3v) is 3.35. The summed E-state index contributed by atoms with van der Waals surface area (Å²) in [7, 11) is 0. The summed E-state index contributed by atoms with van der Waals surface area (Å²) in [6.45, 7) is 5.04. The van der Waals surface area contributed by atoms with E-state index in [1.54, 1.807) is 0 Å². The van der Waals surface area contributed by atoms with Crippen molar-refractivity contribution in [2.45, 2.75) is 58.2 Å². The lowest BCUT2D eigenvalue weighted by Gasteiger charge is -2.19. The van der Waals surface area contributed by atoms with Crippen LogP contribution in [0.2, 0.25) is 0 Å². The molecule has 0 aliphatic carbocycles. The second kappa shape index (κ2) is 5.48. The number of nitrogens with zero attached hydrogens (tertiary/aromatic N) is 3. The molecule has 1 aliphatic heterocycles. The molecule has 1 aromatic rings. The second-order valence-electron chi connectivity index (χ2n) is 4.95. The van der Waals surface area contributed by atoms with Gasteiger partial charge in [0.25, 0.3) is 0 Å². The first-order chi connectivity index (χ1) is 8.58. The molecule has 2 unspecified atom stereocenters. The van der Waals surface area contributed by atoms with Crippen molar-refractivity contribution in [1.82, 2.24) is 20.1 Å². The molecule has 0 fully saturated rings. The number of carbonyl (C=O) groups is 1. The summed E-state index contributed by atoms with van der Waals surface area (Å²) in [5, 5.41) is 20.4. The van der Waals surface area contributed by atoms with Gasteiger partial charge in [-0.15, -0.1) is 10.2 Å². The lowest BCUT2D eigenvalue weighted by Crippen LogP contribution is -2.31. The quantitative estimate of drug-likeness (QED) is 0.793. The van der Waals surface area contributed by atoms with Gasteiger partial charge in [0.15, 0.2) is 0 Å².